The molecule has 3 heterocycles. The van der Waals surface area contributed by atoms with Gasteiger partial charge in [-0.2, -0.15) is 5.26 Å². The maximum absolute atomic E-state index is 13.4. The number of ether oxygens (including phenoxy) is 5. The van der Waals surface area contributed by atoms with Crippen LogP contribution in [0.5, 0.6) is 11.5 Å². The van der Waals surface area contributed by atoms with E-state index >= 15 is 0 Å². The van der Waals surface area contributed by atoms with Crippen LogP contribution >= 0.6 is 8.53 Å². The first-order valence-electron chi connectivity index (χ1n) is 18.3. The monoisotopic (exact) mass is 772 g/mol. The number of H-pyrrole nitrogens is 1. The summed E-state index contributed by atoms with van der Waals surface area (Å²) in [5.74, 6) is 1.33. The Morgan fingerprint density at radius 3 is 2.29 bits per heavy atom. The van der Waals surface area contributed by atoms with Gasteiger partial charge in [0.25, 0.3) is 14.1 Å². The van der Waals surface area contributed by atoms with E-state index in [4.69, 9.17) is 32.7 Å². The summed E-state index contributed by atoms with van der Waals surface area (Å²) in [5, 5.41) is 9.37. The second kappa shape index (κ2) is 17.2. The van der Waals surface area contributed by atoms with Crippen LogP contribution in [0.15, 0.2) is 94.6 Å². The Balaban J connectivity index is 1.50. The van der Waals surface area contributed by atoms with E-state index in [0.717, 1.165) is 16.7 Å². The Morgan fingerprint density at radius 1 is 0.964 bits per heavy atom. The molecule has 2 unspecified atom stereocenters. The van der Waals surface area contributed by atoms with Crippen molar-refractivity contribution < 1.29 is 32.7 Å². The number of nitrogens with one attached hydrogen (secondary N) is 1. The summed E-state index contributed by atoms with van der Waals surface area (Å²) >= 11 is 0. The molecule has 2 fully saturated rings. The van der Waals surface area contributed by atoms with Crippen LogP contribution in [0.4, 0.5) is 0 Å². The smallest absolute Gasteiger partial charge is 0.330 e. The second-order valence-corrected chi connectivity index (χ2v) is 15.6. The Kier molecular flexibility index (Phi) is 12.6. The van der Waals surface area contributed by atoms with Crippen LogP contribution in [0.2, 0.25) is 0 Å². The first kappa shape index (κ1) is 40.3. The Labute approximate surface area is 322 Å². The van der Waals surface area contributed by atoms with Crippen molar-refractivity contribution in [2.75, 3.05) is 34.0 Å². The number of nitrogens with zero attached hydrogens (tertiary/aromatic N) is 3. The number of aromatic amines is 1. The summed E-state index contributed by atoms with van der Waals surface area (Å²) in [4.78, 5) is 28.2. The lowest BCUT2D eigenvalue weighted by atomic mass is 9.79. The van der Waals surface area contributed by atoms with E-state index in [2.05, 4.69) is 43.4 Å². The van der Waals surface area contributed by atoms with Crippen LogP contribution in [-0.4, -0.2) is 78.2 Å². The highest BCUT2D eigenvalue weighted by molar-refractivity contribution is 7.44. The molecule has 2 bridgehead atoms. The van der Waals surface area contributed by atoms with Gasteiger partial charge in [-0.3, -0.25) is 14.3 Å². The maximum Gasteiger partial charge on any atom is 0.330 e. The summed E-state index contributed by atoms with van der Waals surface area (Å²) in [5.41, 5.74) is -0.839. The van der Waals surface area contributed by atoms with E-state index in [9.17, 15) is 14.9 Å². The van der Waals surface area contributed by atoms with Crippen molar-refractivity contribution in [3.8, 4) is 17.6 Å². The first-order chi connectivity index (χ1) is 26.5. The first-order valence-corrected chi connectivity index (χ1v) is 19.5. The molecular weight excluding hydrogens is 723 g/mol. The van der Waals surface area contributed by atoms with Crippen molar-refractivity contribution in [3.63, 3.8) is 0 Å². The quantitative estimate of drug-likeness (QED) is 0.0744. The van der Waals surface area contributed by atoms with Crippen LogP contribution in [0.1, 0.15) is 62.6 Å². The van der Waals surface area contributed by atoms with E-state index < -0.39 is 49.4 Å². The fourth-order valence-corrected chi connectivity index (χ4v) is 9.17. The molecular formula is C41H49N4O9P. The molecule has 1 N–H and O–H groups in total. The summed E-state index contributed by atoms with van der Waals surface area (Å²) < 4.78 is 48.9. The zero-order chi connectivity index (χ0) is 39.3. The normalized spacial score (nSPS) is 22.2. The molecule has 2 aliphatic heterocycles. The SMILES string of the molecule is COc1ccc(C(OC[C@]23CO[C@@H]([C@H](n4cc(C)c(=O)[nH]c4=O)O2)[C@@H]3OP(OCCC#N)N(C(C)C)C(C)C)(c2ccccc2)c2cccc(OC)c2)cc1. The second-order valence-electron chi connectivity index (χ2n) is 14.2. The molecule has 55 heavy (non-hydrogen) atoms. The number of fused-ring (bicyclic) bond motifs is 2. The van der Waals surface area contributed by atoms with Gasteiger partial charge in [-0.25, -0.2) is 9.46 Å². The number of nitriles is 1. The van der Waals surface area contributed by atoms with Crippen LogP contribution in [0, 0.1) is 18.3 Å². The fraction of sp³-hybridized carbons (Fsp3) is 0.439. The van der Waals surface area contributed by atoms with Crippen molar-refractivity contribution in [1.29, 1.82) is 5.26 Å². The Morgan fingerprint density at radius 2 is 1.64 bits per heavy atom. The van der Waals surface area contributed by atoms with E-state index in [1.807, 2.05) is 78.9 Å². The molecule has 13 nitrogen and oxygen atoms in total. The average Bonchev–Trinajstić information content (AvgIpc) is 3.68. The van der Waals surface area contributed by atoms with Gasteiger partial charge in [-0.15, -0.1) is 0 Å². The lowest BCUT2D eigenvalue weighted by molar-refractivity contribution is -0.203. The highest BCUT2D eigenvalue weighted by Gasteiger charge is 2.65. The largest absolute Gasteiger partial charge is 0.497 e. The number of rotatable bonds is 17. The van der Waals surface area contributed by atoms with Crippen LogP contribution in [0.3, 0.4) is 0 Å². The van der Waals surface area contributed by atoms with Gasteiger partial charge in [-0.05, 0) is 75.6 Å². The van der Waals surface area contributed by atoms with E-state index in [1.54, 1.807) is 21.1 Å². The van der Waals surface area contributed by atoms with Crippen LogP contribution in [0.25, 0.3) is 0 Å². The predicted octanol–water partition coefficient (Wildman–Crippen LogP) is 6.20. The number of methoxy groups -OCH3 is 2. The zero-order valence-corrected chi connectivity index (χ0v) is 33.2. The van der Waals surface area contributed by atoms with E-state index in [0.29, 0.717) is 17.1 Å². The van der Waals surface area contributed by atoms with Gasteiger partial charge in [0.15, 0.2) is 6.23 Å². The summed E-state index contributed by atoms with van der Waals surface area (Å²) in [6, 6.07) is 27.5. The molecule has 1 aromatic heterocycles. The van der Waals surface area contributed by atoms with Gasteiger partial charge in [0.2, 0.25) is 0 Å². The average molecular weight is 773 g/mol. The van der Waals surface area contributed by atoms with E-state index in [-0.39, 0.29) is 38.3 Å². The van der Waals surface area contributed by atoms with Crippen molar-refractivity contribution in [2.45, 2.75) is 82.8 Å². The molecule has 0 radical (unpaired) electrons. The topological polar surface area (TPSA) is 147 Å². The van der Waals surface area contributed by atoms with Gasteiger partial charge in [0.1, 0.15) is 34.9 Å². The molecule has 0 spiro atoms. The lowest BCUT2D eigenvalue weighted by Crippen LogP contribution is -2.49. The van der Waals surface area contributed by atoms with Gasteiger partial charge in [0.05, 0.1) is 46.5 Å². The molecule has 6 rings (SSSR count). The summed E-state index contributed by atoms with van der Waals surface area (Å²) in [7, 11) is 1.47. The lowest BCUT2D eigenvalue weighted by Gasteiger charge is -2.41. The van der Waals surface area contributed by atoms with Gasteiger partial charge in [0, 0.05) is 23.8 Å². The highest BCUT2D eigenvalue weighted by atomic mass is 31.2. The van der Waals surface area contributed by atoms with Gasteiger partial charge in [-0.1, -0.05) is 54.6 Å². The van der Waals surface area contributed by atoms with Gasteiger partial charge < -0.3 is 32.7 Å². The Bertz CT molecular complexity index is 2060. The van der Waals surface area contributed by atoms with Crippen LogP contribution < -0.4 is 20.7 Å². The molecule has 14 heteroatoms. The predicted molar refractivity (Wildman–Crippen MR) is 207 cm³/mol. The molecule has 292 valence electrons. The number of aryl methyl sites for hydroxylation is 1. The Hall–Kier alpha value is -4.38. The molecule has 3 aromatic carbocycles. The third-order valence-electron chi connectivity index (χ3n) is 9.95. The fourth-order valence-electron chi connectivity index (χ4n) is 7.36. The maximum atomic E-state index is 13.4. The van der Waals surface area contributed by atoms with E-state index in [1.165, 1.54) is 10.8 Å². The molecule has 2 aliphatic rings. The minimum atomic E-state index is -1.77. The third-order valence-corrected chi connectivity index (χ3v) is 12.1. The standard InChI is InChI=1S/C41H49N4O9P/c1-27(2)45(28(3)4)55(52-22-12-21-42)54-36-35-38(44-24-29(5)37(46)43-39(44)47)53-40(36,25-50-35)26-51-41(30-13-9-8-10-14-30,31-17-19-33(48-6)20-18-31)32-15-11-16-34(23-32)49-7/h8-11,13-20,23-24,27-28,35-36,38H,12,22,25-26H2,1-7H3,(H,43,46,47)/t35-,36+,38-,40+,41?,55?/m1/s1. The van der Waals surface area contributed by atoms with Crippen molar-refractivity contribution in [3.05, 3.63) is 128 Å². The molecule has 2 saturated heterocycles. The minimum Gasteiger partial charge on any atom is -0.497 e. The van der Waals surface area contributed by atoms with Gasteiger partial charge >= 0.3 is 5.69 Å². The van der Waals surface area contributed by atoms with Crippen molar-refractivity contribution >= 4 is 8.53 Å². The summed E-state index contributed by atoms with van der Waals surface area (Å²) in [6.07, 6.45) is -0.917. The molecule has 0 aliphatic carbocycles. The zero-order valence-electron chi connectivity index (χ0n) is 32.3. The van der Waals surface area contributed by atoms with Crippen LogP contribution in [-0.2, 0) is 28.9 Å². The number of hydrogen-bond acceptors (Lipinski definition) is 11. The minimum absolute atomic E-state index is 0.0235. The summed E-state index contributed by atoms with van der Waals surface area (Å²) in [6.45, 7) is 10.0. The number of hydrogen-bond donors (Lipinski definition) is 1. The molecule has 4 aromatic rings. The number of aromatic nitrogens is 2. The third kappa shape index (κ3) is 8.00. The highest BCUT2D eigenvalue weighted by Crippen LogP contribution is 2.56. The van der Waals surface area contributed by atoms with Crippen molar-refractivity contribution in [2.24, 2.45) is 0 Å². The molecule has 0 saturated carbocycles. The van der Waals surface area contributed by atoms with Crippen molar-refractivity contribution in [1.82, 2.24) is 14.2 Å². The molecule has 0 amide bonds. The molecule has 6 atom stereocenters. The number of benzene rings is 3.